The van der Waals surface area contributed by atoms with E-state index in [4.69, 9.17) is 16.3 Å². The van der Waals surface area contributed by atoms with Crippen LogP contribution in [0.2, 0.25) is 5.15 Å². The minimum absolute atomic E-state index is 0.413. The summed E-state index contributed by atoms with van der Waals surface area (Å²) in [5.74, 6) is 1.45. The highest BCUT2D eigenvalue weighted by Crippen LogP contribution is 2.22. The Balaban J connectivity index is 2.02. The van der Waals surface area contributed by atoms with E-state index in [2.05, 4.69) is 15.3 Å². The normalized spacial score (nSPS) is 16.4. The SMILES string of the molecule is CCOCc1nc(Cl)cc(NC2CCCC2)n1. The van der Waals surface area contributed by atoms with Crippen LogP contribution in [-0.2, 0) is 11.3 Å². The molecule has 0 amide bonds. The molecule has 0 radical (unpaired) electrons. The van der Waals surface area contributed by atoms with E-state index in [1.165, 1.54) is 25.7 Å². The largest absolute Gasteiger partial charge is 0.374 e. The molecule has 1 aromatic rings. The summed E-state index contributed by atoms with van der Waals surface area (Å²) in [6, 6.07) is 2.30. The van der Waals surface area contributed by atoms with Gasteiger partial charge in [-0.25, -0.2) is 9.97 Å². The molecule has 0 aliphatic heterocycles. The first kappa shape index (κ1) is 12.6. The van der Waals surface area contributed by atoms with Gasteiger partial charge >= 0.3 is 0 Å². The van der Waals surface area contributed by atoms with Crippen molar-refractivity contribution in [1.82, 2.24) is 9.97 Å². The summed E-state index contributed by atoms with van der Waals surface area (Å²) < 4.78 is 5.29. The third-order valence-corrected chi connectivity index (χ3v) is 3.08. The Hall–Kier alpha value is -0.870. The molecular weight excluding hydrogens is 238 g/mol. The predicted octanol–water partition coefficient (Wildman–Crippen LogP) is 3.02. The first-order valence-electron chi connectivity index (χ1n) is 6.15. The van der Waals surface area contributed by atoms with Gasteiger partial charge in [0, 0.05) is 18.7 Å². The molecule has 2 rings (SSSR count). The van der Waals surface area contributed by atoms with Crippen LogP contribution in [0.4, 0.5) is 5.82 Å². The second-order valence-electron chi connectivity index (χ2n) is 4.25. The van der Waals surface area contributed by atoms with Gasteiger partial charge in [0.25, 0.3) is 0 Å². The Kier molecular flexibility index (Phi) is 4.57. The molecule has 4 nitrogen and oxygen atoms in total. The fourth-order valence-electron chi connectivity index (χ4n) is 2.08. The molecule has 1 aromatic heterocycles. The van der Waals surface area contributed by atoms with E-state index in [9.17, 15) is 0 Å². The lowest BCUT2D eigenvalue weighted by molar-refractivity contribution is 0.128. The molecule has 1 N–H and O–H groups in total. The van der Waals surface area contributed by atoms with Crippen LogP contribution in [-0.4, -0.2) is 22.6 Å². The van der Waals surface area contributed by atoms with Gasteiger partial charge in [-0.1, -0.05) is 24.4 Å². The van der Waals surface area contributed by atoms with Crippen LogP contribution < -0.4 is 5.32 Å². The molecule has 0 spiro atoms. The van der Waals surface area contributed by atoms with Crippen molar-refractivity contribution in [3.63, 3.8) is 0 Å². The van der Waals surface area contributed by atoms with Gasteiger partial charge in [0.15, 0.2) is 5.82 Å². The van der Waals surface area contributed by atoms with E-state index in [-0.39, 0.29) is 0 Å². The van der Waals surface area contributed by atoms with Crippen LogP contribution >= 0.6 is 11.6 Å². The Morgan fingerprint density at radius 1 is 1.41 bits per heavy atom. The van der Waals surface area contributed by atoms with Gasteiger partial charge in [0.05, 0.1) is 0 Å². The Bertz CT molecular complexity index is 367. The zero-order chi connectivity index (χ0) is 12.1. The van der Waals surface area contributed by atoms with Gasteiger partial charge in [0.2, 0.25) is 0 Å². The first-order chi connectivity index (χ1) is 8.28. The topological polar surface area (TPSA) is 47.0 Å². The Morgan fingerprint density at radius 2 is 2.18 bits per heavy atom. The molecule has 17 heavy (non-hydrogen) atoms. The number of anilines is 1. The fraction of sp³-hybridized carbons (Fsp3) is 0.667. The number of hydrogen-bond donors (Lipinski definition) is 1. The van der Waals surface area contributed by atoms with Crippen molar-refractivity contribution in [2.45, 2.75) is 45.3 Å². The zero-order valence-corrected chi connectivity index (χ0v) is 10.8. The third kappa shape index (κ3) is 3.82. The fourth-order valence-corrected chi connectivity index (χ4v) is 2.28. The van der Waals surface area contributed by atoms with E-state index in [0.717, 1.165) is 5.82 Å². The molecule has 1 heterocycles. The van der Waals surface area contributed by atoms with Crippen molar-refractivity contribution in [1.29, 1.82) is 0 Å². The lowest BCUT2D eigenvalue weighted by Gasteiger charge is -2.13. The van der Waals surface area contributed by atoms with Crippen LogP contribution in [0, 0.1) is 0 Å². The van der Waals surface area contributed by atoms with Crippen LogP contribution in [0.5, 0.6) is 0 Å². The molecule has 1 saturated carbocycles. The summed E-state index contributed by atoms with van der Waals surface area (Å²) in [5.41, 5.74) is 0. The molecule has 1 aliphatic rings. The lowest BCUT2D eigenvalue weighted by Crippen LogP contribution is -2.16. The van der Waals surface area contributed by atoms with Crippen LogP contribution in [0.15, 0.2) is 6.07 Å². The van der Waals surface area contributed by atoms with Gasteiger partial charge in [-0.3, -0.25) is 0 Å². The minimum atomic E-state index is 0.413. The summed E-state index contributed by atoms with van der Waals surface area (Å²) in [4.78, 5) is 8.54. The highest BCUT2D eigenvalue weighted by molar-refractivity contribution is 6.29. The summed E-state index contributed by atoms with van der Waals surface area (Å²) in [7, 11) is 0. The molecule has 5 heteroatoms. The number of nitrogens with zero attached hydrogens (tertiary/aromatic N) is 2. The van der Waals surface area contributed by atoms with Crippen molar-refractivity contribution >= 4 is 17.4 Å². The summed E-state index contributed by atoms with van der Waals surface area (Å²) in [5, 5.41) is 3.88. The molecule has 1 fully saturated rings. The van der Waals surface area contributed by atoms with Gasteiger partial charge in [-0.2, -0.15) is 0 Å². The zero-order valence-electron chi connectivity index (χ0n) is 10.1. The number of ether oxygens (including phenoxy) is 1. The number of aromatic nitrogens is 2. The smallest absolute Gasteiger partial charge is 0.158 e. The maximum Gasteiger partial charge on any atom is 0.158 e. The standard InChI is InChI=1S/C12H18ClN3O/c1-2-17-8-12-15-10(13)7-11(16-12)14-9-5-3-4-6-9/h7,9H,2-6,8H2,1H3,(H,14,15,16). The van der Waals surface area contributed by atoms with Crippen molar-refractivity contribution < 1.29 is 4.74 Å². The molecule has 0 saturated heterocycles. The average molecular weight is 256 g/mol. The predicted molar refractivity (Wildman–Crippen MR) is 68.3 cm³/mol. The van der Waals surface area contributed by atoms with Gasteiger partial charge in [-0.05, 0) is 19.8 Å². The van der Waals surface area contributed by atoms with E-state index in [1.54, 1.807) is 6.07 Å². The van der Waals surface area contributed by atoms with Crippen molar-refractivity contribution in [3.05, 3.63) is 17.0 Å². The second kappa shape index (κ2) is 6.17. The molecule has 1 aliphatic carbocycles. The van der Waals surface area contributed by atoms with Gasteiger partial charge in [-0.15, -0.1) is 0 Å². The maximum atomic E-state index is 5.97. The monoisotopic (exact) mass is 255 g/mol. The van der Waals surface area contributed by atoms with Crippen molar-refractivity contribution in [2.75, 3.05) is 11.9 Å². The maximum absolute atomic E-state index is 5.97. The summed E-state index contributed by atoms with van der Waals surface area (Å²) in [6.07, 6.45) is 5.01. The Morgan fingerprint density at radius 3 is 2.88 bits per heavy atom. The number of halogens is 1. The lowest BCUT2D eigenvalue weighted by atomic mass is 10.2. The van der Waals surface area contributed by atoms with Crippen molar-refractivity contribution in [3.8, 4) is 0 Å². The molecule has 94 valence electrons. The molecule has 0 unspecified atom stereocenters. The van der Waals surface area contributed by atoms with Gasteiger partial charge in [0.1, 0.15) is 17.6 Å². The van der Waals surface area contributed by atoms with E-state index in [0.29, 0.717) is 30.2 Å². The second-order valence-corrected chi connectivity index (χ2v) is 4.64. The van der Waals surface area contributed by atoms with Crippen LogP contribution in [0.3, 0.4) is 0 Å². The summed E-state index contributed by atoms with van der Waals surface area (Å²) >= 11 is 5.97. The van der Waals surface area contributed by atoms with E-state index >= 15 is 0 Å². The average Bonchev–Trinajstić information content (AvgIpc) is 2.78. The van der Waals surface area contributed by atoms with Crippen molar-refractivity contribution in [2.24, 2.45) is 0 Å². The molecule has 0 bridgehead atoms. The van der Waals surface area contributed by atoms with E-state index < -0.39 is 0 Å². The molecule has 0 atom stereocenters. The van der Waals surface area contributed by atoms with Crippen LogP contribution in [0.25, 0.3) is 0 Å². The Labute approximate surface area is 107 Å². The molecular formula is C12H18ClN3O. The first-order valence-corrected chi connectivity index (χ1v) is 6.53. The number of hydrogen-bond acceptors (Lipinski definition) is 4. The quantitative estimate of drug-likeness (QED) is 0.822. The van der Waals surface area contributed by atoms with Gasteiger partial charge < -0.3 is 10.1 Å². The molecule has 0 aromatic carbocycles. The highest BCUT2D eigenvalue weighted by Gasteiger charge is 2.15. The third-order valence-electron chi connectivity index (χ3n) is 2.88. The van der Waals surface area contributed by atoms with E-state index in [1.807, 2.05) is 6.92 Å². The number of rotatable bonds is 5. The highest BCUT2D eigenvalue weighted by atomic mass is 35.5. The minimum Gasteiger partial charge on any atom is -0.374 e. The van der Waals surface area contributed by atoms with Crippen LogP contribution in [0.1, 0.15) is 38.4 Å². The summed E-state index contributed by atoms with van der Waals surface area (Å²) in [6.45, 7) is 3.01. The number of nitrogens with one attached hydrogen (secondary N) is 1.